The van der Waals surface area contributed by atoms with Crippen molar-refractivity contribution >= 4 is 11.7 Å². The molecule has 1 aliphatic heterocycles. The van der Waals surface area contributed by atoms with Crippen LogP contribution in [0.15, 0.2) is 24.5 Å². The normalized spacial score (nSPS) is 22.9. The minimum atomic E-state index is -0.144. The van der Waals surface area contributed by atoms with Crippen LogP contribution >= 0.6 is 0 Å². The van der Waals surface area contributed by atoms with E-state index in [9.17, 15) is 4.79 Å². The van der Waals surface area contributed by atoms with Crippen LogP contribution in [0.25, 0.3) is 0 Å². The van der Waals surface area contributed by atoms with Gasteiger partial charge in [-0.25, -0.2) is 4.98 Å². The van der Waals surface area contributed by atoms with Gasteiger partial charge in [0, 0.05) is 31.6 Å². The van der Waals surface area contributed by atoms with Gasteiger partial charge >= 0.3 is 0 Å². The van der Waals surface area contributed by atoms with Crippen molar-refractivity contribution in [3.8, 4) is 0 Å². The first-order valence-corrected chi connectivity index (χ1v) is 10.3. The fourth-order valence-electron chi connectivity index (χ4n) is 4.08. The number of carbonyl (C=O) groups is 1. The lowest BCUT2D eigenvalue weighted by Gasteiger charge is -2.32. The minimum Gasteiger partial charge on any atom is -0.368 e. The molecule has 2 aromatic rings. The molecule has 2 N–H and O–H groups in total. The van der Waals surface area contributed by atoms with Crippen molar-refractivity contribution in [2.45, 2.75) is 70.2 Å². The predicted octanol–water partition coefficient (Wildman–Crippen LogP) is 2.70. The van der Waals surface area contributed by atoms with Crippen LogP contribution in [0, 0.1) is 0 Å². The standard InChI is InChI=1S/C20H28N6O2/c1-2-26-12-11-21-19(26)18-15(8-5-13-28-18)23-17-10-9-16(24-25-17)20(27)22-14-6-3-4-7-14/h9-12,14-15,18H,2-8,13H2,1H3,(H,22,27)(H,23,25)/t15-,18-/m0/s1. The monoisotopic (exact) mass is 384 g/mol. The van der Waals surface area contributed by atoms with Gasteiger partial charge in [-0.2, -0.15) is 0 Å². The summed E-state index contributed by atoms with van der Waals surface area (Å²) in [5.74, 6) is 1.43. The molecule has 0 spiro atoms. The second-order valence-corrected chi connectivity index (χ2v) is 7.51. The van der Waals surface area contributed by atoms with Gasteiger partial charge in [0.15, 0.2) is 5.69 Å². The number of rotatable bonds is 6. The summed E-state index contributed by atoms with van der Waals surface area (Å²) < 4.78 is 8.13. The summed E-state index contributed by atoms with van der Waals surface area (Å²) in [4.78, 5) is 16.8. The number of nitrogens with zero attached hydrogens (tertiary/aromatic N) is 4. The maximum atomic E-state index is 12.3. The van der Waals surface area contributed by atoms with Gasteiger partial charge in [0.25, 0.3) is 5.91 Å². The molecule has 2 aliphatic rings. The molecule has 0 unspecified atom stereocenters. The van der Waals surface area contributed by atoms with Crippen molar-refractivity contribution in [2.75, 3.05) is 11.9 Å². The molecule has 150 valence electrons. The molecule has 1 saturated carbocycles. The quantitative estimate of drug-likeness (QED) is 0.795. The number of amides is 1. The molecule has 0 bridgehead atoms. The molecule has 1 amide bonds. The lowest BCUT2D eigenvalue weighted by atomic mass is 10.0. The van der Waals surface area contributed by atoms with E-state index in [0.29, 0.717) is 11.5 Å². The number of hydrogen-bond acceptors (Lipinski definition) is 6. The Balaban J connectivity index is 1.41. The lowest BCUT2D eigenvalue weighted by Crippen LogP contribution is -2.36. The highest BCUT2D eigenvalue weighted by atomic mass is 16.5. The van der Waals surface area contributed by atoms with Crippen LogP contribution in [0.1, 0.15) is 67.9 Å². The summed E-state index contributed by atoms with van der Waals surface area (Å²) in [5, 5.41) is 14.8. The summed E-state index contributed by atoms with van der Waals surface area (Å²) in [6.45, 7) is 3.68. The second-order valence-electron chi connectivity index (χ2n) is 7.51. The molecule has 1 aliphatic carbocycles. The van der Waals surface area contributed by atoms with Crippen LogP contribution in [0.2, 0.25) is 0 Å². The maximum Gasteiger partial charge on any atom is 0.272 e. The fourth-order valence-corrected chi connectivity index (χ4v) is 4.08. The van der Waals surface area contributed by atoms with Crippen molar-refractivity contribution in [1.82, 2.24) is 25.1 Å². The Morgan fingerprint density at radius 1 is 1.21 bits per heavy atom. The zero-order chi connectivity index (χ0) is 19.3. The Morgan fingerprint density at radius 3 is 2.82 bits per heavy atom. The van der Waals surface area contributed by atoms with Crippen LogP contribution in [0.3, 0.4) is 0 Å². The van der Waals surface area contributed by atoms with Gasteiger partial charge in [-0.1, -0.05) is 12.8 Å². The minimum absolute atomic E-state index is 0.0638. The summed E-state index contributed by atoms with van der Waals surface area (Å²) in [6.07, 6.45) is 10.1. The smallest absolute Gasteiger partial charge is 0.272 e. The van der Waals surface area contributed by atoms with E-state index >= 15 is 0 Å². The zero-order valence-electron chi connectivity index (χ0n) is 16.3. The number of hydrogen-bond donors (Lipinski definition) is 2. The number of ether oxygens (including phenoxy) is 1. The van der Waals surface area contributed by atoms with Crippen molar-refractivity contribution in [1.29, 1.82) is 0 Å². The summed E-state index contributed by atoms with van der Waals surface area (Å²) in [6, 6.07) is 3.88. The molecule has 3 heterocycles. The maximum absolute atomic E-state index is 12.3. The van der Waals surface area contributed by atoms with Crippen molar-refractivity contribution in [3.63, 3.8) is 0 Å². The molecule has 2 atom stereocenters. The number of aromatic nitrogens is 4. The number of aryl methyl sites for hydroxylation is 1. The van der Waals surface area contributed by atoms with Crippen molar-refractivity contribution < 1.29 is 9.53 Å². The largest absolute Gasteiger partial charge is 0.368 e. The Kier molecular flexibility index (Phi) is 5.85. The molecule has 0 aromatic carbocycles. The third-order valence-corrected chi connectivity index (χ3v) is 5.59. The summed E-state index contributed by atoms with van der Waals surface area (Å²) >= 11 is 0. The van der Waals surface area contributed by atoms with Crippen LogP contribution in [-0.2, 0) is 11.3 Å². The summed E-state index contributed by atoms with van der Waals surface area (Å²) in [7, 11) is 0. The second kappa shape index (κ2) is 8.68. The number of nitrogens with one attached hydrogen (secondary N) is 2. The molecule has 4 rings (SSSR count). The van der Waals surface area contributed by atoms with E-state index in [2.05, 4.69) is 37.3 Å². The molecule has 1 saturated heterocycles. The van der Waals surface area contributed by atoms with Crippen molar-refractivity contribution in [2.24, 2.45) is 0 Å². The average molecular weight is 384 g/mol. The third-order valence-electron chi connectivity index (χ3n) is 5.59. The topological polar surface area (TPSA) is 94.0 Å². The van der Waals surface area contributed by atoms with Crippen LogP contribution in [0.4, 0.5) is 5.82 Å². The van der Waals surface area contributed by atoms with Crippen LogP contribution in [0.5, 0.6) is 0 Å². The molecule has 8 heteroatoms. The highest BCUT2D eigenvalue weighted by molar-refractivity contribution is 5.92. The van der Waals surface area contributed by atoms with E-state index in [1.54, 1.807) is 6.07 Å². The van der Waals surface area contributed by atoms with E-state index in [0.717, 1.165) is 44.7 Å². The zero-order valence-corrected chi connectivity index (χ0v) is 16.3. The molecule has 0 radical (unpaired) electrons. The molecule has 8 nitrogen and oxygen atoms in total. The van der Waals surface area contributed by atoms with Gasteiger partial charge in [0.2, 0.25) is 0 Å². The fraction of sp³-hybridized carbons (Fsp3) is 0.600. The van der Waals surface area contributed by atoms with Gasteiger partial charge in [0.1, 0.15) is 17.7 Å². The molecule has 28 heavy (non-hydrogen) atoms. The van der Waals surface area contributed by atoms with E-state index in [-0.39, 0.29) is 24.1 Å². The molecule has 2 fully saturated rings. The number of anilines is 1. The van der Waals surface area contributed by atoms with Gasteiger partial charge < -0.3 is 19.9 Å². The first-order valence-electron chi connectivity index (χ1n) is 10.3. The van der Waals surface area contributed by atoms with E-state index in [4.69, 9.17) is 4.74 Å². The highest BCUT2D eigenvalue weighted by Gasteiger charge is 2.31. The summed E-state index contributed by atoms with van der Waals surface area (Å²) in [5.41, 5.74) is 0.357. The van der Waals surface area contributed by atoms with E-state index < -0.39 is 0 Å². The van der Waals surface area contributed by atoms with Gasteiger partial charge in [-0.05, 0) is 44.7 Å². The van der Waals surface area contributed by atoms with Crippen molar-refractivity contribution in [3.05, 3.63) is 36.0 Å². The Bertz CT molecular complexity index is 784. The predicted molar refractivity (Wildman–Crippen MR) is 105 cm³/mol. The van der Waals surface area contributed by atoms with Crippen LogP contribution in [-0.4, -0.2) is 44.3 Å². The first-order chi connectivity index (χ1) is 13.7. The lowest BCUT2D eigenvalue weighted by molar-refractivity contribution is -0.00180. The molecular weight excluding hydrogens is 356 g/mol. The van der Waals surface area contributed by atoms with Crippen LogP contribution < -0.4 is 10.6 Å². The Hall–Kier alpha value is -2.48. The van der Waals surface area contributed by atoms with Gasteiger partial charge in [-0.15, -0.1) is 10.2 Å². The third kappa shape index (κ3) is 4.16. The Morgan fingerprint density at radius 2 is 2.07 bits per heavy atom. The van der Waals surface area contributed by atoms with Gasteiger partial charge in [0.05, 0.1) is 6.04 Å². The first kappa shape index (κ1) is 18.9. The number of carbonyl (C=O) groups excluding carboxylic acids is 1. The van der Waals surface area contributed by atoms with E-state index in [1.165, 1.54) is 12.8 Å². The van der Waals surface area contributed by atoms with E-state index in [1.807, 2.05) is 18.5 Å². The molecular formula is C20H28N6O2. The molecule has 2 aromatic heterocycles. The average Bonchev–Trinajstić information content (AvgIpc) is 3.40. The number of imidazole rings is 1. The SMILES string of the molecule is CCn1ccnc1[C@H]1OCCC[C@@H]1Nc1ccc(C(=O)NC2CCCC2)nn1. The highest BCUT2D eigenvalue weighted by Crippen LogP contribution is 2.29. The Labute approximate surface area is 165 Å². The van der Waals surface area contributed by atoms with Gasteiger partial charge in [-0.3, -0.25) is 4.79 Å².